The molecule has 0 amide bonds. The summed E-state index contributed by atoms with van der Waals surface area (Å²) < 4.78 is 1.84. The maximum absolute atomic E-state index is 10.4. The third-order valence-electron chi connectivity index (χ3n) is 3.46. The van der Waals surface area contributed by atoms with Gasteiger partial charge in [-0.25, -0.2) is 0 Å². The van der Waals surface area contributed by atoms with Gasteiger partial charge in [0.25, 0.3) is 0 Å². The van der Waals surface area contributed by atoms with E-state index in [4.69, 9.17) is 11.6 Å². The van der Waals surface area contributed by atoms with Crippen molar-refractivity contribution in [2.24, 2.45) is 7.05 Å². The second-order valence-corrected chi connectivity index (χ2v) is 5.19. The van der Waals surface area contributed by atoms with Gasteiger partial charge in [-0.3, -0.25) is 4.68 Å². The summed E-state index contributed by atoms with van der Waals surface area (Å²) >= 11 is 6.09. The van der Waals surface area contributed by atoms with E-state index in [9.17, 15) is 5.11 Å². The highest BCUT2D eigenvalue weighted by atomic mass is 35.5. The van der Waals surface area contributed by atoms with Crippen molar-refractivity contribution in [3.8, 4) is 0 Å². The minimum atomic E-state index is -0.557. The minimum Gasteiger partial charge on any atom is -0.388 e. The van der Waals surface area contributed by atoms with Gasteiger partial charge in [-0.1, -0.05) is 30.7 Å². The van der Waals surface area contributed by atoms with Gasteiger partial charge in [0.2, 0.25) is 0 Å². The maximum Gasteiger partial charge on any atom is 0.0848 e. The summed E-state index contributed by atoms with van der Waals surface area (Å²) in [6, 6.07) is 7.67. The first kappa shape index (κ1) is 14.1. The topological polar surface area (TPSA) is 38.0 Å². The molecular formula is C15H19ClN2O. The number of halogens is 1. The van der Waals surface area contributed by atoms with Crippen molar-refractivity contribution >= 4 is 11.6 Å². The van der Waals surface area contributed by atoms with Crippen molar-refractivity contribution in [2.45, 2.75) is 32.8 Å². The Hall–Kier alpha value is -1.32. The van der Waals surface area contributed by atoms with E-state index in [1.165, 1.54) is 0 Å². The summed E-state index contributed by atoms with van der Waals surface area (Å²) in [4.78, 5) is 0. The lowest BCUT2D eigenvalue weighted by Crippen LogP contribution is -2.07. The molecule has 19 heavy (non-hydrogen) atoms. The van der Waals surface area contributed by atoms with Gasteiger partial charge in [0.05, 0.1) is 11.8 Å². The van der Waals surface area contributed by atoms with Crippen molar-refractivity contribution in [2.75, 3.05) is 0 Å². The fourth-order valence-electron chi connectivity index (χ4n) is 2.23. The van der Waals surface area contributed by atoms with Crippen LogP contribution in [0.3, 0.4) is 0 Å². The van der Waals surface area contributed by atoms with Gasteiger partial charge in [0.1, 0.15) is 0 Å². The van der Waals surface area contributed by atoms with Crippen LogP contribution in [0.5, 0.6) is 0 Å². The lowest BCUT2D eigenvalue weighted by Gasteiger charge is -2.14. The predicted molar refractivity (Wildman–Crippen MR) is 77.4 cm³/mol. The second-order valence-electron chi connectivity index (χ2n) is 4.78. The summed E-state index contributed by atoms with van der Waals surface area (Å²) in [5, 5.41) is 15.5. The van der Waals surface area contributed by atoms with Gasteiger partial charge in [-0.15, -0.1) is 0 Å². The summed E-state index contributed by atoms with van der Waals surface area (Å²) in [7, 11) is 1.91. The minimum absolute atomic E-state index is 0.546. The zero-order valence-corrected chi connectivity index (χ0v) is 12.3. The van der Waals surface area contributed by atoms with Gasteiger partial charge >= 0.3 is 0 Å². The number of aliphatic hydroxyl groups is 1. The monoisotopic (exact) mass is 278 g/mol. The molecule has 3 nitrogen and oxygen atoms in total. The molecular weight excluding hydrogens is 260 g/mol. The van der Waals surface area contributed by atoms with Gasteiger partial charge in [-0.05, 0) is 36.6 Å². The average Bonchev–Trinajstić information content (AvgIpc) is 2.73. The Balaban J connectivity index is 2.22. The fourth-order valence-corrected chi connectivity index (χ4v) is 2.41. The van der Waals surface area contributed by atoms with Crippen molar-refractivity contribution < 1.29 is 5.11 Å². The Morgan fingerprint density at radius 1 is 1.42 bits per heavy atom. The lowest BCUT2D eigenvalue weighted by atomic mass is 10.00. The largest absolute Gasteiger partial charge is 0.388 e. The van der Waals surface area contributed by atoms with E-state index >= 15 is 0 Å². The van der Waals surface area contributed by atoms with E-state index in [0.29, 0.717) is 11.4 Å². The number of aliphatic hydroxyl groups excluding tert-OH is 1. The van der Waals surface area contributed by atoms with E-state index in [1.54, 1.807) is 0 Å². The molecule has 0 saturated carbocycles. The third kappa shape index (κ3) is 2.99. The van der Waals surface area contributed by atoms with Gasteiger partial charge in [-0.2, -0.15) is 5.10 Å². The van der Waals surface area contributed by atoms with E-state index in [-0.39, 0.29) is 0 Å². The standard InChI is InChI=1S/C15H19ClN2O/c1-4-11-8-12(18(3)17-11)9-15(19)13-6-5-7-14(16)10(13)2/h5-8,15,19H,4,9H2,1-3H3. The Morgan fingerprint density at radius 3 is 2.79 bits per heavy atom. The molecule has 1 N–H and O–H groups in total. The van der Waals surface area contributed by atoms with Crippen molar-refractivity contribution in [3.63, 3.8) is 0 Å². The predicted octanol–water partition coefficient (Wildman–Crippen LogP) is 3.22. The highest BCUT2D eigenvalue weighted by Gasteiger charge is 2.15. The van der Waals surface area contributed by atoms with Crippen LogP contribution in [0.1, 0.15) is 35.5 Å². The molecule has 0 aliphatic carbocycles. The van der Waals surface area contributed by atoms with E-state index in [1.807, 2.05) is 42.9 Å². The molecule has 0 spiro atoms. The summed E-state index contributed by atoms with van der Waals surface area (Å²) in [5.74, 6) is 0. The van der Waals surface area contributed by atoms with E-state index < -0.39 is 6.10 Å². The molecule has 4 heteroatoms. The molecule has 1 atom stereocenters. The summed E-state index contributed by atoms with van der Waals surface area (Å²) in [5.41, 5.74) is 3.90. The van der Waals surface area contributed by atoms with Crippen molar-refractivity contribution in [3.05, 3.63) is 51.8 Å². The SMILES string of the molecule is CCc1cc(CC(O)c2cccc(Cl)c2C)n(C)n1. The lowest BCUT2D eigenvalue weighted by molar-refractivity contribution is 0.175. The Morgan fingerprint density at radius 2 is 2.16 bits per heavy atom. The number of benzene rings is 1. The Bertz CT molecular complexity index is 578. The highest BCUT2D eigenvalue weighted by Crippen LogP contribution is 2.26. The molecule has 2 aromatic rings. The molecule has 1 aromatic carbocycles. The fraction of sp³-hybridized carbons (Fsp3) is 0.400. The van der Waals surface area contributed by atoms with Crippen LogP contribution < -0.4 is 0 Å². The van der Waals surface area contributed by atoms with Crippen LogP contribution in [0.25, 0.3) is 0 Å². The second kappa shape index (κ2) is 5.76. The molecule has 102 valence electrons. The van der Waals surface area contributed by atoms with Gasteiger partial charge in [0, 0.05) is 24.2 Å². The molecule has 0 bridgehead atoms. The smallest absolute Gasteiger partial charge is 0.0848 e. The molecule has 1 aromatic heterocycles. The van der Waals surface area contributed by atoms with Crippen LogP contribution in [-0.4, -0.2) is 14.9 Å². The Kier molecular flexibility index (Phi) is 4.27. The van der Waals surface area contributed by atoms with E-state index in [2.05, 4.69) is 12.0 Å². The first-order chi connectivity index (χ1) is 9.02. The number of aryl methyl sites for hydroxylation is 2. The van der Waals surface area contributed by atoms with Crippen LogP contribution in [0.4, 0.5) is 0 Å². The first-order valence-corrected chi connectivity index (χ1v) is 6.85. The normalized spacial score (nSPS) is 12.7. The molecule has 0 radical (unpaired) electrons. The third-order valence-corrected chi connectivity index (χ3v) is 3.87. The maximum atomic E-state index is 10.4. The molecule has 1 heterocycles. The zero-order valence-electron chi connectivity index (χ0n) is 11.5. The molecule has 0 fully saturated rings. The number of aromatic nitrogens is 2. The van der Waals surface area contributed by atoms with E-state index in [0.717, 1.165) is 28.9 Å². The Labute approximate surface area is 118 Å². The number of hydrogen-bond acceptors (Lipinski definition) is 2. The first-order valence-electron chi connectivity index (χ1n) is 6.47. The molecule has 2 rings (SSSR count). The number of nitrogens with zero attached hydrogens (tertiary/aromatic N) is 2. The van der Waals surface area contributed by atoms with Gasteiger partial charge < -0.3 is 5.11 Å². The quantitative estimate of drug-likeness (QED) is 0.932. The summed E-state index contributed by atoms with van der Waals surface area (Å²) in [6.45, 7) is 4.01. The summed E-state index contributed by atoms with van der Waals surface area (Å²) in [6.07, 6.45) is 0.893. The molecule has 0 aliphatic heterocycles. The van der Waals surface area contributed by atoms with Gasteiger partial charge in [0.15, 0.2) is 0 Å². The number of rotatable bonds is 4. The molecule has 1 unspecified atom stereocenters. The van der Waals surface area contributed by atoms with Crippen molar-refractivity contribution in [1.82, 2.24) is 9.78 Å². The van der Waals surface area contributed by atoms with Crippen molar-refractivity contribution in [1.29, 1.82) is 0 Å². The average molecular weight is 279 g/mol. The van der Waals surface area contributed by atoms with Crippen LogP contribution in [-0.2, 0) is 19.9 Å². The molecule has 0 saturated heterocycles. The molecule has 0 aliphatic rings. The van der Waals surface area contributed by atoms with Crippen LogP contribution >= 0.6 is 11.6 Å². The highest BCUT2D eigenvalue weighted by molar-refractivity contribution is 6.31. The van der Waals surface area contributed by atoms with Crippen LogP contribution in [0, 0.1) is 6.92 Å². The van der Waals surface area contributed by atoms with Crippen LogP contribution in [0.15, 0.2) is 24.3 Å². The number of hydrogen-bond donors (Lipinski definition) is 1. The zero-order chi connectivity index (χ0) is 14.0. The van der Waals surface area contributed by atoms with Crippen LogP contribution in [0.2, 0.25) is 5.02 Å².